The van der Waals surface area contributed by atoms with E-state index in [1.807, 2.05) is 0 Å². The number of rotatable bonds is 7. The number of aromatic nitrogens is 2. The van der Waals surface area contributed by atoms with E-state index in [-0.39, 0.29) is 12.4 Å². The highest BCUT2D eigenvalue weighted by molar-refractivity contribution is 5.23. The highest BCUT2D eigenvalue weighted by atomic mass is 19.3. The van der Waals surface area contributed by atoms with Crippen molar-refractivity contribution in [3.63, 3.8) is 0 Å². The Hall–Kier alpha value is -1.58. The minimum Gasteiger partial charge on any atom is -0.391 e. The van der Waals surface area contributed by atoms with E-state index >= 15 is 0 Å². The van der Waals surface area contributed by atoms with E-state index in [0.29, 0.717) is 4.57 Å². The molecule has 0 spiro atoms. The molecule has 3 N–H and O–H groups in total. The number of hydrogen-bond donors (Lipinski definition) is 2. The summed E-state index contributed by atoms with van der Waals surface area (Å²) in [5, 5.41) is 9.46. The van der Waals surface area contributed by atoms with Crippen LogP contribution in [-0.2, 0) is 9.47 Å². The summed E-state index contributed by atoms with van der Waals surface area (Å²) in [7, 11) is 1.34. The van der Waals surface area contributed by atoms with Gasteiger partial charge in [0.25, 0.3) is 6.43 Å². The van der Waals surface area contributed by atoms with Crippen LogP contribution in [0, 0.1) is 0 Å². The Bertz CT molecular complexity index is 481. The lowest BCUT2D eigenvalue weighted by atomic mass is 10.2. The lowest BCUT2D eigenvalue weighted by molar-refractivity contribution is -0.171. The molecular weight excluding hydrogens is 276 g/mol. The van der Waals surface area contributed by atoms with Crippen LogP contribution in [0.1, 0.15) is 13.2 Å². The summed E-state index contributed by atoms with van der Waals surface area (Å²) in [6, 6.07) is 1.20. The molecule has 1 heterocycles. The fourth-order valence-corrected chi connectivity index (χ4v) is 1.50. The molecule has 20 heavy (non-hydrogen) atoms. The summed E-state index contributed by atoms with van der Waals surface area (Å²) in [4.78, 5) is 14.9. The predicted octanol–water partition coefficient (Wildman–Crippen LogP) is 0.00160. The van der Waals surface area contributed by atoms with E-state index in [2.05, 4.69) is 4.98 Å². The molecule has 1 rings (SSSR count). The second-order valence-corrected chi connectivity index (χ2v) is 4.14. The molecule has 1 aromatic heterocycles. The van der Waals surface area contributed by atoms with Gasteiger partial charge in [0.2, 0.25) is 0 Å². The smallest absolute Gasteiger partial charge is 0.351 e. The van der Waals surface area contributed by atoms with Crippen molar-refractivity contribution in [3.8, 4) is 0 Å². The van der Waals surface area contributed by atoms with Gasteiger partial charge in [0.05, 0.1) is 12.7 Å². The fraction of sp³-hybridized carbons (Fsp3) is 0.636. The van der Waals surface area contributed by atoms with E-state index in [4.69, 9.17) is 15.2 Å². The maximum Gasteiger partial charge on any atom is 0.351 e. The minimum atomic E-state index is -2.99. The van der Waals surface area contributed by atoms with E-state index < -0.39 is 30.6 Å². The number of aliphatic hydroxyl groups excluding tert-OH is 1. The molecule has 0 bridgehead atoms. The average molecular weight is 293 g/mol. The quantitative estimate of drug-likeness (QED) is 0.734. The molecule has 0 fully saturated rings. The van der Waals surface area contributed by atoms with Gasteiger partial charge < -0.3 is 20.3 Å². The largest absolute Gasteiger partial charge is 0.391 e. The van der Waals surface area contributed by atoms with Crippen molar-refractivity contribution < 1.29 is 23.4 Å². The van der Waals surface area contributed by atoms with Crippen molar-refractivity contribution in [2.24, 2.45) is 0 Å². The number of ether oxygens (including phenoxy) is 2. The fourth-order valence-electron chi connectivity index (χ4n) is 1.50. The maximum absolute atomic E-state index is 13.1. The standard InChI is InChI=1S/C11H17F2N3O4/c1-6(17)7(5-19-2)20-10(9(12)13)16-4-3-8(14)15-11(16)18/h3-4,6-7,9-10,17H,5H2,1-2H3,(H2,14,15,18). The van der Waals surface area contributed by atoms with E-state index in [1.165, 1.54) is 20.1 Å². The van der Waals surface area contributed by atoms with Gasteiger partial charge in [-0.25, -0.2) is 13.6 Å². The van der Waals surface area contributed by atoms with Crippen molar-refractivity contribution >= 4 is 5.82 Å². The van der Waals surface area contributed by atoms with E-state index in [0.717, 1.165) is 6.20 Å². The van der Waals surface area contributed by atoms with Crippen molar-refractivity contribution in [2.45, 2.75) is 31.8 Å². The zero-order valence-corrected chi connectivity index (χ0v) is 11.1. The Morgan fingerprint density at radius 3 is 2.65 bits per heavy atom. The number of hydrogen-bond acceptors (Lipinski definition) is 6. The van der Waals surface area contributed by atoms with Crippen molar-refractivity contribution in [1.82, 2.24) is 9.55 Å². The molecule has 0 aliphatic heterocycles. The van der Waals surface area contributed by atoms with Crippen LogP contribution in [0.25, 0.3) is 0 Å². The van der Waals surface area contributed by atoms with Crippen LogP contribution < -0.4 is 11.4 Å². The molecule has 0 radical (unpaired) electrons. The number of nitrogens with two attached hydrogens (primary N) is 1. The summed E-state index contributed by atoms with van der Waals surface area (Å²) >= 11 is 0. The van der Waals surface area contributed by atoms with E-state index in [9.17, 15) is 18.7 Å². The monoisotopic (exact) mass is 293 g/mol. The van der Waals surface area contributed by atoms with Gasteiger partial charge in [-0.1, -0.05) is 0 Å². The van der Waals surface area contributed by atoms with Crippen LogP contribution in [0.4, 0.5) is 14.6 Å². The molecule has 0 saturated carbocycles. The molecule has 0 saturated heterocycles. The first-order valence-electron chi connectivity index (χ1n) is 5.82. The third-order valence-corrected chi connectivity index (χ3v) is 2.52. The Kier molecular flexibility index (Phi) is 5.99. The SMILES string of the molecule is COCC(OC(C(F)F)n1ccc(N)nc1=O)C(C)O. The summed E-state index contributed by atoms with van der Waals surface area (Å²) in [5.41, 5.74) is 4.33. The van der Waals surface area contributed by atoms with Gasteiger partial charge in [0.15, 0.2) is 6.23 Å². The highest BCUT2D eigenvalue weighted by Gasteiger charge is 2.30. The van der Waals surface area contributed by atoms with Gasteiger partial charge in [0, 0.05) is 13.3 Å². The van der Waals surface area contributed by atoms with Crippen molar-refractivity contribution in [1.29, 1.82) is 0 Å². The topological polar surface area (TPSA) is 99.6 Å². The molecule has 3 atom stereocenters. The second-order valence-electron chi connectivity index (χ2n) is 4.14. The predicted molar refractivity (Wildman–Crippen MR) is 66.4 cm³/mol. The number of alkyl halides is 2. The number of nitrogens with zero attached hydrogens (tertiary/aromatic N) is 2. The third kappa shape index (κ3) is 4.22. The zero-order chi connectivity index (χ0) is 15.3. The van der Waals surface area contributed by atoms with Gasteiger partial charge >= 0.3 is 5.69 Å². The number of halogens is 2. The molecule has 0 amide bonds. The number of anilines is 1. The van der Waals surface area contributed by atoms with Crippen LogP contribution in [0.2, 0.25) is 0 Å². The minimum absolute atomic E-state index is 0.0803. The van der Waals surface area contributed by atoms with Gasteiger partial charge in [-0.15, -0.1) is 0 Å². The van der Waals surface area contributed by atoms with Crippen LogP contribution in [0.15, 0.2) is 17.1 Å². The van der Waals surface area contributed by atoms with Crippen LogP contribution in [0.5, 0.6) is 0 Å². The maximum atomic E-state index is 13.1. The summed E-state index contributed by atoms with van der Waals surface area (Å²) in [6.07, 6.45) is -5.87. The van der Waals surface area contributed by atoms with Gasteiger partial charge in [-0.2, -0.15) is 4.98 Å². The molecule has 114 valence electrons. The van der Waals surface area contributed by atoms with Crippen LogP contribution in [0.3, 0.4) is 0 Å². The molecule has 3 unspecified atom stereocenters. The van der Waals surface area contributed by atoms with Gasteiger partial charge in [-0.3, -0.25) is 4.57 Å². The molecule has 0 aliphatic carbocycles. The molecule has 0 aliphatic rings. The van der Waals surface area contributed by atoms with Crippen LogP contribution >= 0.6 is 0 Å². The van der Waals surface area contributed by atoms with E-state index in [1.54, 1.807) is 0 Å². The van der Waals surface area contributed by atoms with Gasteiger partial charge in [0.1, 0.15) is 11.9 Å². The highest BCUT2D eigenvalue weighted by Crippen LogP contribution is 2.20. The first-order valence-corrected chi connectivity index (χ1v) is 5.82. The first-order chi connectivity index (χ1) is 9.36. The number of nitrogen functional groups attached to an aromatic ring is 1. The average Bonchev–Trinajstić information content (AvgIpc) is 2.34. The third-order valence-electron chi connectivity index (χ3n) is 2.52. The van der Waals surface area contributed by atoms with Crippen LogP contribution in [-0.4, -0.2) is 47.0 Å². The molecule has 7 nitrogen and oxygen atoms in total. The number of methoxy groups -OCH3 is 1. The van der Waals surface area contributed by atoms with Gasteiger partial charge in [-0.05, 0) is 13.0 Å². The molecule has 0 aromatic carbocycles. The number of aliphatic hydroxyl groups is 1. The Balaban J connectivity index is 3.02. The normalized spacial score (nSPS) is 16.1. The first kappa shape index (κ1) is 16.5. The Morgan fingerprint density at radius 1 is 1.55 bits per heavy atom. The lowest BCUT2D eigenvalue weighted by Gasteiger charge is -2.26. The second kappa shape index (κ2) is 7.27. The Morgan fingerprint density at radius 2 is 2.20 bits per heavy atom. The molecular formula is C11H17F2N3O4. The summed E-state index contributed by atoms with van der Waals surface area (Å²) < 4.78 is 36.6. The summed E-state index contributed by atoms with van der Waals surface area (Å²) in [6.45, 7) is 1.27. The zero-order valence-electron chi connectivity index (χ0n) is 11.1. The summed E-state index contributed by atoms with van der Waals surface area (Å²) in [5.74, 6) is -0.0803. The lowest BCUT2D eigenvalue weighted by Crippen LogP contribution is -2.39. The van der Waals surface area contributed by atoms with Crippen molar-refractivity contribution in [3.05, 3.63) is 22.7 Å². The molecule has 9 heteroatoms. The Labute approximate surface area is 113 Å². The molecule has 1 aromatic rings. The van der Waals surface area contributed by atoms with Crippen molar-refractivity contribution in [2.75, 3.05) is 19.5 Å².